The van der Waals surface area contributed by atoms with Crippen LogP contribution in [0.2, 0.25) is 0 Å². The third kappa shape index (κ3) is 3.22. The molecule has 7 heteroatoms. The molecule has 4 aromatic rings. The van der Waals surface area contributed by atoms with Crippen LogP contribution >= 0.6 is 11.8 Å². The molecule has 0 aliphatic rings. The number of aromatic nitrogens is 4. The Balaban J connectivity index is 1.63. The molecule has 4 rings (SSSR count). The Bertz CT molecular complexity index is 1150. The summed E-state index contributed by atoms with van der Waals surface area (Å²) in [5.74, 6) is 0.745. The van der Waals surface area contributed by atoms with Crippen LogP contribution in [0.25, 0.3) is 22.1 Å². The normalized spacial score (nSPS) is 12.4. The zero-order chi connectivity index (χ0) is 19.7. The third-order valence-corrected chi connectivity index (χ3v) is 5.65. The Morgan fingerprint density at radius 1 is 1.14 bits per heavy atom. The summed E-state index contributed by atoms with van der Waals surface area (Å²) in [6.45, 7) is 4.73. The van der Waals surface area contributed by atoms with Crippen molar-refractivity contribution in [3.05, 3.63) is 54.1 Å². The van der Waals surface area contributed by atoms with Gasteiger partial charge >= 0.3 is 0 Å². The van der Waals surface area contributed by atoms with Gasteiger partial charge in [0.05, 0.1) is 17.9 Å². The summed E-state index contributed by atoms with van der Waals surface area (Å²) in [4.78, 5) is 17.4. The Labute approximate surface area is 166 Å². The minimum atomic E-state index is -0.327. The van der Waals surface area contributed by atoms with E-state index in [2.05, 4.69) is 27.8 Å². The predicted octanol–water partition coefficient (Wildman–Crippen LogP) is 4.37. The summed E-state index contributed by atoms with van der Waals surface area (Å²) in [6.07, 6.45) is 0. The number of hydrogen-bond acceptors (Lipinski definition) is 6. The van der Waals surface area contributed by atoms with Crippen LogP contribution in [0.5, 0.6) is 5.75 Å². The maximum atomic E-state index is 12.7. The molecule has 0 unspecified atom stereocenters. The lowest BCUT2D eigenvalue weighted by molar-refractivity contribution is 0.0994. The van der Waals surface area contributed by atoms with E-state index in [0.717, 1.165) is 34.4 Å². The van der Waals surface area contributed by atoms with E-state index in [0.29, 0.717) is 10.7 Å². The molecular formula is C21H20N4O2S. The van der Waals surface area contributed by atoms with Gasteiger partial charge in [0.25, 0.3) is 0 Å². The first kappa shape index (κ1) is 18.4. The number of carbonyl (C=O) groups excluding carboxylic acids is 1. The number of Topliss-reactive ketones (excluding diaryl/α,β-unsaturated/α-hetero) is 1. The first-order valence-corrected chi connectivity index (χ1v) is 9.97. The van der Waals surface area contributed by atoms with E-state index in [1.165, 1.54) is 11.8 Å². The van der Waals surface area contributed by atoms with Gasteiger partial charge in [-0.2, -0.15) is 0 Å². The molecule has 2 heterocycles. The van der Waals surface area contributed by atoms with Crippen molar-refractivity contribution in [2.75, 3.05) is 7.11 Å². The number of rotatable bonds is 6. The van der Waals surface area contributed by atoms with Crippen LogP contribution in [-0.4, -0.2) is 37.9 Å². The number of thioether (sulfide) groups is 1. The minimum absolute atomic E-state index is 0.0207. The molecule has 2 aromatic heterocycles. The van der Waals surface area contributed by atoms with Gasteiger partial charge in [0.2, 0.25) is 5.16 Å². The second-order valence-corrected chi connectivity index (χ2v) is 7.69. The van der Waals surface area contributed by atoms with Crippen molar-refractivity contribution in [1.29, 1.82) is 0 Å². The van der Waals surface area contributed by atoms with E-state index < -0.39 is 0 Å². The summed E-state index contributed by atoms with van der Waals surface area (Å²) in [6, 6.07) is 15.2. The molecule has 0 saturated carbocycles. The molecule has 28 heavy (non-hydrogen) atoms. The summed E-state index contributed by atoms with van der Waals surface area (Å²) < 4.78 is 7.27. The molecule has 2 aromatic carbocycles. The van der Waals surface area contributed by atoms with Crippen LogP contribution in [0, 0.1) is 0 Å². The van der Waals surface area contributed by atoms with Crippen molar-refractivity contribution in [2.45, 2.75) is 30.8 Å². The second-order valence-electron chi connectivity index (χ2n) is 6.38. The van der Waals surface area contributed by atoms with Crippen molar-refractivity contribution in [1.82, 2.24) is 19.7 Å². The standard InChI is InChI=1S/C21H20N4O2S/c1-4-25-17-8-6-5-7-16(17)18-20(25)22-21(24-23-18)28-13(2)19(26)14-9-11-15(27-3)12-10-14/h5-13H,4H2,1-3H3/t13-/m1/s1. The molecule has 0 spiro atoms. The molecule has 6 nitrogen and oxygen atoms in total. The molecule has 0 aliphatic heterocycles. The van der Waals surface area contributed by atoms with Crippen LogP contribution in [0.1, 0.15) is 24.2 Å². The summed E-state index contributed by atoms with van der Waals surface area (Å²) in [5, 5.41) is 9.88. The number of methoxy groups -OCH3 is 1. The van der Waals surface area contributed by atoms with Crippen molar-refractivity contribution < 1.29 is 9.53 Å². The fourth-order valence-electron chi connectivity index (χ4n) is 3.26. The largest absolute Gasteiger partial charge is 0.497 e. The number of carbonyl (C=O) groups is 1. The molecule has 0 amide bonds. The fraction of sp³-hybridized carbons (Fsp3) is 0.238. The van der Waals surface area contributed by atoms with Crippen LogP contribution in [-0.2, 0) is 6.54 Å². The minimum Gasteiger partial charge on any atom is -0.497 e. The van der Waals surface area contributed by atoms with Gasteiger partial charge < -0.3 is 9.30 Å². The van der Waals surface area contributed by atoms with Gasteiger partial charge in [-0.1, -0.05) is 30.0 Å². The van der Waals surface area contributed by atoms with Crippen LogP contribution in [0.15, 0.2) is 53.7 Å². The number of ketones is 1. The summed E-state index contributed by atoms with van der Waals surface area (Å²) >= 11 is 1.32. The van der Waals surface area contributed by atoms with E-state index >= 15 is 0 Å². The average molecular weight is 392 g/mol. The van der Waals surface area contributed by atoms with E-state index in [4.69, 9.17) is 9.72 Å². The smallest absolute Gasteiger partial charge is 0.211 e. The van der Waals surface area contributed by atoms with Gasteiger partial charge in [-0.25, -0.2) is 4.98 Å². The average Bonchev–Trinajstić information content (AvgIpc) is 3.06. The number of para-hydroxylation sites is 1. The maximum Gasteiger partial charge on any atom is 0.211 e. The Kier molecular flexibility index (Phi) is 5.00. The third-order valence-electron chi connectivity index (χ3n) is 4.70. The summed E-state index contributed by atoms with van der Waals surface area (Å²) in [5.41, 5.74) is 3.31. The Morgan fingerprint density at radius 2 is 1.89 bits per heavy atom. The van der Waals surface area contributed by atoms with Crippen molar-refractivity contribution >= 4 is 39.6 Å². The van der Waals surface area contributed by atoms with E-state index in [1.807, 2.05) is 25.1 Å². The monoisotopic (exact) mass is 392 g/mol. The number of ether oxygens (including phenoxy) is 1. The van der Waals surface area contributed by atoms with Gasteiger partial charge in [-0.05, 0) is 44.2 Å². The van der Waals surface area contributed by atoms with E-state index in [-0.39, 0.29) is 11.0 Å². The van der Waals surface area contributed by atoms with E-state index in [1.54, 1.807) is 31.4 Å². The molecule has 0 radical (unpaired) electrons. The lowest BCUT2D eigenvalue weighted by atomic mass is 10.1. The fourth-order valence-corrected chi connectivity index (χ4v) is 4.05. The highest BCUT2D eigenvalue weighted by Gasteiger charge is 2.20. The van der Waals surface area contributed by atoms with Gasteiger partial charge in [0.1, 0.15) is 11.3 Å². The lowest BCUT2D eigenvalue weighted by Gasteiger charge is -2.10. The van der Waals surface area contributed by atoms with Gasteiger partial charge in [-0.15, -0.1) is 10.2 Å². The number of aryl methyl sites for hydroxylation is 1. The Hall–Kier alpha value is -2.93. The zero-order valence-electron chi connectivity index (χ0n) is 15.9. The highest BCUT2D eigenvalue weighted by molar-refractivity contribution is 8.00. The molecule has 0 aliphatic carbocycles. The molecule has 142 valence electrons. The molecule has 0 saturated heterocycles. The summed E-state index contributed by atoms with van der Waals surface area (Å²) in [7, 11) is 1.60. The van der Waals surface area contributed by atoms with Crippen LogP contribution in [0.4, 0.5) is 0 Å². The highest BCUT2D eigenvalue weighted by atomic mass is 32.2. The van der Waals surface area contributed by atoms with Gasteiger partial charge in [0.15, 0.2) is 11.4 Å². The molecule has 1 atom stereocenters. The van der Waals surface area contributed by atoms with Crippen LogP contribution < -0.4 is 4.74 Å². The molecule has 0 fully saturated rings. The van der Waals surface area contributed by atoms with Crippen LogP contribution in [0.3, 0.4) is 0 Å². The van der Waals surface area contributed by atoms with Gasteiger partial charge in [0, 0.05) is 17.5 Å². The van der Waals surface area contributed by atoms with Gasteiger partial charge in [-0.3, -0.25) is 4.79 Å². The highest BCUT2D eigenvalue weighted by Crippen LogP contribution is 2.29. The predicted molar refractivity (Wildman–Crippen MR) is 111 cm³/mol. The number of hydrogen-bond donors (Lipinski definition) is 0. The first-order chi connectivity index (χ1) is 13.6. The van der Waals surface area contributed by atoms with Crippen molar-refractivity contribution in [2.24, 2.45) is 0 Å². The SMILES string of the molecule is CCn1c2ccccc2c2nnc(S[C@H](C)C(=O)c3ccc(OC)cc3)nc21. The maximum absolute atomic E-state index is 12.7. The quantitative estimate of drug-likeness (QED) is 0.358. The molecule has 0 bridgehead atoms. The lowest BCUT2D eigenvalue weighted by Crippen LogP contribution is -2.14. The van der Waals surface area contributed by atoms with Crippen molar-refractivity contribution in [3.63, 3.8) is 0 Å². The number of fused-ring (bicyclic) bond motifs is 3. The second kappa shape index (κ2) is 7.59. The topological polar surface area (TPSA) is 69.9 Å². The molecular weight excluding hydrogens is 372 g/mol. The molecule has 0 N–H and O–H groups in total. The Morgan fingerprint density at radius 3 is 2.61 bits per heavy atom. The number of benzene rings is 2. The van der Waals surface area contributed by atoms with Crippen molar-refractivity contribution in [3.8, 4) is 5.75 Å². The first-order valence-electron chi connectivity index (χ1n) is 9.09. The van der Waals surface area contributed by atoms with E-state index in [9.17, 15) is 4.79 Å². The number of nitrogens with zero attached hydrogens (tertiary/aromatic N) is 4. The zero-order valence-corrected chi connectivity index (χ0v) is 16.7.